The van der Waals surface area contributed by atoms with Gasteiger partial charge >= 0.3 is 0 Å². The fraction of sp³-hybridized carbons (Fsp3) is 0.292. The Bertz CT molecular complexity index is 1260. The van der Waals surface area contributed by atoms with Crippen molar-refractivity contribution >= 4 is 22.8 Å². The lowest BCUT2D eigenvalue weighted by atomic mass is 10.00. The highest BCUT2D eigenvalue weighted by Gasteiger charge is 2.23. The number of nitrogens with two attached hydrogens (primary N) is 1. The standard InChI is InChI=1S/C24H26N6O/c1-14(2)22-15(3)28-24(25)29-23(22)30-8-9-31-21-7-5-16(10-18(21)12-30)17-4-6-19-20(11-17)27-13-26-19/h4-7,10-11,13-14H,8-9,12H2,1-3H3,(H,26,27)(H2,25,28,29). The predicted octanol–water partition coefficient (Wildman–Crippen LogP) is 4.43. The lowest BCUT2D eigenvalue weighted by Gasteiger charge is -2.26. The molecule has 31 heavy (non-hydrogen) atoms. The van der Waals surface area contributed by atoms with Gasteiger partial charge in [0.2, 0.25) is 5.95 Å². The number of hydrogen-bond donors (Lipinski definition) is 2. The molecule has 3 heterocycles. The van der Waals surface area contributed by atoms with Gasteiger partial charge in [-0.25, -0.2) is 9.97 Å². The van der Waals surface area contributed by atoms with Crippen LogP contribution in [0.2, 0.25) is 0 Å². The van der Waals surface area contributed by atoms with Crippen LogP contribution in [-0.2, 0) is 6.54 Å². The number of ether oxygens (including phenoxy) is 1. The topological polar surface area (TPSA) is 92.9 Å². The smallest absolute Gasteiger partial charge is 0.222 e. The molecule has 0 unspecified atom stereocenters. The second-order valence-corrected chi connectivity index (χ2v) is 8.29. The van der Waals surface area contributed by atoms with Crippen molar-refractivity contribution in [3.8, 4) is 16.9 Å². The third kappa shape index (κ3) is 3.56. The average Bonchev–Trinajstić information content (AvgIpc) is 3.10. The summed E-state index contributed by atoms with van der Waals surface area (Å²) in [5.41, 5.74) is 13.5. The Morgan fingerprint density at radius 2 is 1.90 bits per heavy atom. The summed E-state index contributed by atoms with van der Waals surface area (Å²) in [6.45, 7) is 8.36. The first-order valence-electron chi connectivity index (χ1n) is 10.6. The minimum Gasteiger partial charge on any atom is -0.491 e. The first-order valence-corrected chi connectivity index (χ1v) is 10.6. The normalized spacial score (nSPS) is 13.9. The van der Waals surface area contributed by atoms with Crippen molar-refractivity contribution in [2.45, 2.75) is 33.2 Å². The fourth-order valence-corrected chi connectivity index (χ4v) is 4.37. The van der Waals surface area contributed by atoms with Gasteiger partial charge in [0.05, 0.1) is 23.9 Å². The van der Waals surface area contributed by atoms with Crippen LogP contribution >= 0.6 is 0 Å². The summed E-state index contributed by atoms with van der Waals surface area (Å²) in [4.78, 5) is 18.8. The van der Waals surface area contributed by atoms with Crippen molar-refractivity contribution in [3.05, 3.63) is 59.5 Å². The number of fused-ring (bicyclic) bond motifs is 2. The highest BCUT2D eigenvalue weighted by molar-refractivity contribution is 5.81. The molecule has 158 valence electrons. The van der Waals surface area contributed by atoms with E-state index in [1.54, 1.807) is 6.33 Å². The third-order valence-electron chi connectivity index (χ3n) is 5.80. The van der Waals surface area contributed by atoms with E-state index >= 15 is 0 Å². The number of aromatic nitrogens is 4. The lowest BCUT2D eigenvalue weighted by molar-refractivity contribution is 0.331. The van der Waals surface area contributed by atoms with Crippen LogP contribution in [0.25, 0.3) is 22.2 Å². The van der Waals surface area contributed by atoms with Gasteiger partial charge in [0.15, 0.2) is 0 Å². The summed E-state index contributed by atoms with van der Waals surface area (Å²) in [6, 6.07) is 12.7. The molecule has 0 bridgehead atoms. The molecule has 1 aliphatic heterocycles. The van der Waals surface area contributed by atoms with Gasteiger partial charge in [0.25, 0.3) is 0 Å². The van der Waals surface area contributed by atoms with Gasteiger partial charge in [0, 0.05) is 23.4 Å². The van der Waals surface area contributed by atoms with Crippen molar-refractivity contribution in [2.24, 2.45) is 0 Å². The largest absolute Gasteiger partial charge is 0.491 e. The van der Waals surface area contributed by atoms with Crippen molar-refractivity contribution in [1.29, 1.82) is 0 Å². The third-order valence-corrected chi connectivity index (χ3v) is 5.80. The molecular formula is C24H26N6O. The number of hydrogen-bond acceptors (Lipinski definition) is 6. The summed E-state index contributed by atoms with van der Waals surface area (Å²) in [5.74, 6) is 2.43. The summed E-state index contributed by atoms with van der Waals surface area (Å²) in [5, 5.41) is 0. The van der Waals surface area contributed by atoms with Crippen LogP contribution in [0.4, 0.5) is 11.8 Å². The van der Waals surface area contributed by atoms with Crippen molar-refractivity contribution in [1.82, 2.24) is 19.9 Å². The molecule has 0 amide bonds. The van der Waals surface area contributed by atoms with Crippen LogP contribution in [0.1, 0.15) is 36.6 Å². The zero-order valence-corrected chi connectivity index (χ0v) is 18.0. The number of rotatable bonds is 3. The Hall–Kier alpha value is -3.61. The molecule has 0 aliphatic carbocycles. The van der Waals surface area contributed by atoms with E-state index in [1.807, 2.05) is 13.0 Å². The zero-order chi connectivity index (χ0) is 21.5. The highest BCUT2D eigenvalue weighted by Crippen LogP contribution is 2.34. The maximum absolute atomic E-state index is 6.08. The van der Waals surface area contributed by atoms with Crippen LogP contribution in [0.5, 0.6) is 5.75 Å². The van der Waals surface area contributed by atoms with E-state index in [0.29, 0.717) is 25.0 Å². The Kier molecular flexibility index (Phi) is 4.73. The number of H-pyrrole nitrogens is 1. The Labute approximate surface area is 181 Å². The molecule has 3 N–H and O–H groups in total. The number of aryl methyl sites for hydroxylation is 1. The quantitative estimate of drug-likeness (QED) is 0.515. The van der Waals surface area contributed by atoms with Gasteiger partial charge in [0.1, 0.15) is 18.2 Å². The van der Waals surface area contributed by atoms with E-state index in [4.69, 9.17) is 10.5 Å². The molecule has 1 aliphatic rings. The number of nitrogens with zero attached hydrogens (tertiary/aromatic N) is 4. The number of imidazole rings is 1. The van der Waals surface area contributed by atoms with Crippen LogP contribution in [0.3, 0.4) is 0 Å². The van der Waals surface area contributed by atoms with Gasteiger partial charge in [-0.3, -0.25) is 0 Å². The van der Waals surface area contributed by atoms with Gasteiger partial charge in [-0.05, 0) is 48.2 Å². The second-order valence-electron chi connectivity index (χ2n) is 8.29. The second kappa shape index (κ2) is 7.58. The minimum absolute atomic E-state index is 0.298. The highest BCUT2D eigenvalue weighted by atomic mass is 16.5. The first kappa shape index (κ1) is 19.4. The monoisotopic (exact) mass is 414 g/mol. The molecule has 7 heteroatoms. The molecule has 2 aromatic carbocycles. The fourth-order valence-electron chi connectivity index (χ4n) is 4.37. The summed E-state index contributed by atoms with van der Waals surface area (Å²) in [6.07, 6.45) is 1.72. The summed E-state index contributed by atoms with van der Waals surface area (Å²) < 4.78 is 6.08. The minimum atomic E-state index is 0.298. The number of nitrogen functional groups attached to an aromatic ring is 1. The van der Waals surface area contributed by atoms with E-state index in [-0.39, 0.29) is 0 Å². The van der Waals surface area contributed by atoms with Crippen molar-refractivity contribution in [2.75, 3.05) is 23.8 Å². The SMILES string of the molecule is Cc1nc(N)nc(N2CCOc3ccc(-c4ccc5nc[nH]c5c4)cc3C2)c1C(C)C. The van der Waals surface area contributed by atoms with Crippen molar-refractivity contribution < 1.29 is 4.74 Å². The van der Waals surface area contributed by atoms with Crippen LogP contribution in [0.15, 0.2) is 42.7 Å². The maximum atomic E-state index is 6.08. The number of benzene rings is 2. The number of aromatic amines is 1. The van der Waals surface area contributed by atoms with Crippen LogP contribution < -0.4 is 15.4 Å². The number of nitrogens with one attached hydrogen (secondary N) is 1. The van der Waals surface area contributed by atoms with E-state index in [1.165, 1.54) is 0 Å². The lowest BCUT2D eigenvalue weighted by Crippen LogP contribution is -2.28. The summed E-state index contributed by atoms with van der Waals surface area (Å²) >= 11 is 0. The van der Waals surface area contributed by atoms with Crippen LogP contribution in [-0.4, -0.2) is 33.1 Å². The van der Waals surface area contributed by atoms with Gasteiger partial charge in [-0.2, -0.15) is 4.98 Å². The Morgan fingerprint density at radius 1 is 1.10 bits per heavy atom. The zero-order valence-electron chi connectivity index (χ0n) is 18.0. The Morgan fingerprint density at radius 3 is 2.74 bits per heavy atom. The number of anilines is 2. The molecule has 0 saturated heterocycles. The predicted molar refractivity (Wildman–Crippen MR) is 123 cm³/mol. The molecule has 0 saturated carbocycles. The van der Waals surface area contributed by atoms with E-state index in [2.05, 4.69) is 69.0 Å². The Balaban J connectivity index is 1.54. The average molecular weight is 415 g/mol. The van der Waals surface area contributed by atoms with Gasteiger partial charge in [-0.1, -0.05) is 26.0 Å². The molecule has 7 nitrogen and oxygen atoms in total. The van der Waals surface area contributed by atoms with Gasteiger partial charge in [-0.15, -0.1) is 0 Å². The van der Waals surface area contributed by atoms with Crippen molar-refractivity contribution in [3.63, 3.8) is 0 Å². The van der Waals surface area contributed by atoms with E-state index in [0.717, 1.165) is 57.1 Å². The van der Waals surface area contributed by atoms with E-state index in [9.17, 15) is 0 Å². The first-order chi connectivity index (χ1) is 15.0. The molecule has 0 radical (unpaired) electrons. The molecule has 2 aromatic heterocycles. The van der Waals surface area contributed by atoms with Gasteiger partial charge < -0.3 is 20.4 Å². The molecular weight excluding hydrogens is 388 g/mol. The molecule has 4 aromatic rings. The molecule has 0 fully saturated rings. The van der Waals surface area contributed by atoms with Crippen LogP contribution in [0, 0.1) is 6.92 Å². The molecule has 5 rings (SSSR count). The summed E-state index contributed by atoms with van der Waals surface area (Å²) in [7, 11) is 0. The molecule has 0 atom stereocenters. The molecule has 0 spiro atoms. The maximum Gasteiger partial charge on any atom is 0.222 e. The van der Waals surface area contributed by atoms with E-state index < -0.39 is 0 Å².